The molecule has 1 aromatic heterocycles. The van der Waals surface area contributed by atoms with Crippen LogP contribution in [0.25, 0.3) is 0 Å². The van der Waals surface area contributed by atoms with E-state index in [1.54, 1.807) is 6.20 Å². The molecule has 0 aliphatic carbocycles. The Kier molecular flexibility index (Phi) is 2.70. The van der Waals surface area contributed by atoms with Crippen LogP contribution in [0.1, 0.15) is 19.6 Å². The molecule has 1 N–H and O–H groups in total. The summed E-state index contributed by atoms with van der Waals surface area (Å²) in [5.41, 5.74) is 1.03. The van der Waals surface area contributed by atoms with Gasteiger partial charge in [-0.3, -0.25) is 0 Å². The second-order valence-corrected chi connectivity index (χ2v) is 3.22. The van der Waals surface area contributed by atoms with Crippen molar-refractivity contribution in [2.75, 3.05) is 0 Å². The van der Waals surface area contributed by atoms with Gasteiger partial charge in [-0.1, -0.05) is 35.5 Å². The highest BCUT2D eigenvalue weighted by Gasteiger charge is 2.06. The number of hydrogen-bond donors (Lipinski definition) is 1. The Labute approximate surface area is 89.6 Å². The molecular weight excluding hydrogens is 190 g/mol. The lowest BCUT2D eigenvalue weighted by molar-refractivity contribution is 0.0799. The normalized spacial score (nSPS) is 15.7. The van der Waals surface area contributed by atoms with Crippen LogP contribution in [0.4, 0.5) is 0 Å². The van der Waals surface area contributed by atoms with E-state index in [1.165, 1.54) is 10.9 Å². The zero-order chi connectivity index (χ0) is 11.4. The Hall–Kier alpha value is -1.68. The van der Waals surface area contributed by atoms with Crippen LogP contribution in [-0.4, -0.2) is 20.1 Å². The minimum atomic E-state index is -0.956. The molecule has 1 unspecified atom stereocenters. The summed E-state index contributed by atoms with van der Waals surface area (Å²) in [7, 11) is 0. The van der Waals surface area contributed by atoms with E-state index in [-0.39, 0.29) is 0 Å². The van der Waals surface area contributed by atoms with Crippen LogP contribution in [0.2, 0.25) is 0 Å². The van der Waals surface area contributed by atoms with Crippen molar-refractivity contribution < 1.29 is 6.48 Å². The first-order valence-electron chi connectivity index (χ1n) is 5.35. The Morgan fingerprint density at radius 1 is 1.40 bits per heavy atom. The molecule has 78 valence electrons. The van der Waals surface area contributed by atoms with Crippen LogP contribution in [0.15, 0.2) is 42.7 Å². The summed E-state index contributed by atoms with van der Waals surface area (Å²) in [5.74, 6) is 0. The molecule has 0 aliphatic heterocycles. The lowest BCUT2D eigenvalue weighted by Gasteiger charge is -2.09. The van der Waals surface area contributed by atoms with Crippen molar-refractivity contribution in [3.05, 3.63) is 48.3 Å². The van der Waals surface area contributed by atoms with Crippen LogP contribution in [0.5, 0.6) is 0 Å². The maximum Gasteiger partial charge on any atom is 0.149 e. The average Bonchev–Trinajstić information content (AvgIpc) is 2.83. The van der Waals surface area contributed by atoms with Gasteiger partial charge in [-0.25, -0.2) is 4.68 Å². The van der Waals surface area contributed by atoms with Crippen molar-refractivity contribution in [3.63, 3.8) is 0 Å². The van der Waals surface area contributed by atoms with Crippen molar-refractivity contribution in [1.29, 1.82) is 0 Å². The monoisotopic (exact) mass is 204 g/mol. The largest absolute Gasteiger partial charge is 0.372 e. The molecule has 0 saturated heterocycles. The highest BCUT2D eigenvalue weighted by molar-refractivity contribution is 5.14. The first kappa shape index (κ1) is 8.61. The van der Waals surface area contributed by atoms with Crippen molar-refractivity contribution in [1.82, 2.24) is 15.0 Å². The quantitative estimate of drug-likeness (QED) is 0.819. The van der Waals surface area contributed by atoms with Crippen LogP contribution in [-0.2, 0) is 6.42 Å². The fourth-order valence-electron chi connectivity index (χ4n) is 1.32. The van der Waals surface area contributed by atoms with Crippen molar-refractivity contribution in [3.8, 4) is 0 Å². The van der Waals surface area contributed by atoms with Crippen LogP contribution in [0.3, 0.4) is 0 Å². The van der Waals surface area contributed by atoms with E-state index in [9.17, 15) is 5.11 Å². The minimum Gasteiger partial charge on any atom is -0.372 e. The Bertz CT molecular complexity index is 418. The van der Waals surface area contributed by atoms with Crippen molar-refractivity contribution >= 4 is 0 Å². The van der Waals surface area contributed by atoms with E-state index >= 15 is 0 Å². The van der Waals surface area contributed by atoms with E-state index in [2.05, 4.69) is 10.3 Å². The van der Waals surface area contributed by atoms with Gasteiger partial charge in [0.1, 0.15) is 6.23 Å². The first-order chi connectivity index (χ1) is 7.77. The van der Waals surface area contributed by atoms with Gasteiger partial charge in [0.15, 0.2) is 0 Å². The minimum absolute atomic E-state index is 0.488. The maximum atomic E-state index is 9.81. The van der Waals surface area contributed by atoms with Gasteiger partial charge in [-0.15, -0.1) is 5.10 Å². The lowest BCUT2D eigenvalue weighted by Crippen LogP contribution is -2.10. The number of benzene rings is 1. The van der Waals surface area contributed by atoms with Gasteiger partial charge in [-0.2, -0.15) is 0 Å². The second-order valence-electron chi connectivity index (χ2n) is 3.22. The summed E-state index contributed by atoms with van der Waals surface area (Å²) in [4.78, 5) is 0. The molecule has 2 aromatic rings. The molecule has 1 heterocycles. The molecule has 0 fully saturated rings. The molecule has 4 heteroatoms. The standard InChI is InChI=1S/C11H13N3O/c15-11(14-9-8-12-13-14)7-6-10-4-2-1-3-5-10/h1-5,8-9,11,15H,6-7H2/t11-/m0/s1/i7D/t7?,11-. The lowest BCUT2D eigenvalue weighted by atomic mass is 10.1. The molecule has 0 bridgehead atoms. The summed E-state index contributed by atoms with van der Waals surface area (Å²) < 4.78 is 9.15. The average molecular weight is 204 g/mol. The summed E-state index contributed by atoms with van der Waals surface area (Å²) in [6, 6.07) is 9.65. The zero-order valence-electron chi connectivity index (χ0n) is 9.19. The number of nitrogens with zero attached hydrogens (tertiary/aromatic N) is 3. The predicted molar refractivity (Wildman–Crippen MR) is 56.0 cm³/mol. The van der Waals surface area contributed by atoms with E-state index in [0.717, 1.165) is 5.56 Å². The highest BCUT2D eigenvalue weighted by atomic mass is 16.3. The Balaban J connectivity index is 2.01. The molecule has 0 saturated carbocycles. The molecule has 0 amide bonds. The third-order valence-electron chi connectivity index (χ3n) is 2.12. The predicted octanol–water partition coefficient (Wildman–Crippen LogP) is 1.40. The molecule has 0 aliphatic rings. The van der Waals surface area contributed by atoms with Gasteiger partial charge >= 0.3 is 0 Å². The Morgan fingerprint density at radius 2 is 2.20 bits per heavy atom. The first-order valence-corrected chi connectivity index (χ1v) is 4.77. The van der Waals surface area contributed by atoms with Gasteiger partial charge in [0.25, 0.3) is 0 Å². The van der Waals surface area contributed by atoms with Crippen molar-refractivity contribution in [2.24, 2.45) is 0 Å². The molecule has 1 aromatic carbocycles. The molecule has 2 rings (SSSR count). The van der Waals surface area contributed by atoms with Gasteiger partial charge in [0.05, 0.1) is 6.20 Å². The summed E-state index contributed by atoms with van der Waals surface area (Å²) in [6.07, 6.45) is 1.92. The SMILES string of the molecule is [2H]C(Cc1ccccc1)[C@H](O)n1ccnn1. The fourth-order valence-corrected chi connectivity index (χ4v) is 1.32. The molecule has 0 spiro atoms. The summed E-state index contributed by atoms with van der Waals surface area (Å²) in [6.45, 7) is 0. The second kappa shape index (κ2) is 4.70. The van der Waals surface area contributed by atoms with E-state index in [0.29, 0.717) is 6.42 Å². The van der Waals surface area contributed by atoms with Gasteiger partial charge in [0, 0.05) is 7.57 Å². The smallest absolute Gasteiger partial charge is 0.149 e. The van der Waals surface area contributed by atoms with Crippen LogP contribution >= 0.6 is 0 Å². The highest BCUT2D eigenvalue weighted by Crippen LogP contribution is 2.10. The third-order valence-corrected chi connectivity index (χ3v) is 2.12. The van der Waals surface area contributed by atoms with E-state index < -0.39 is 12.6 Å². The number of aryl methyl sites for hydroxylation is 1. The molecule has 2 atom stereocenters. The molecule has 15 heavy (non-hydrogen) atoms. The van der Waals surface area contributed by atoms with Gasteiger partial charge in [0.2, 0.25) is 0 Å². The van der Waals surface area contributed by atoms with Crippen molar-refractivity contribution in [2.45, 2.75) is 19.0 Å². The summed E-state index contributed by atoms with van der Waals surface area (Å²) in [5, 5.41) is 17.1. The molecule has 0 radical (unpaired) electrons. The number of aliphatic hydroxyl groups is 1. The fraction of sp³-hybridized carbons (Fsp3) is 0.273. The van der Waals surface area contributed by atoms with Gasteiger partial charge < -0.3 is 5.11 Å². The number of aromatic nitrogens is 3. The molecular formula is C11H13N3O. The van der Waals surface area contributed by atoms with Crippen LogP contribution < -0.4 is 0 Å². The topological polar surface area (TPSA) is 50.9 Å². The van der Waals surface area contributed by atoms with E-state index in [1.807, 2.05) is 30.3 Å². The molecule has 4 nitrogen and oxygen atoms in total. The zero-order valence-corrected chi connectivity index (χ0v) is 8.19. The number of aliphatic hydroxyl groups excluding tert-OH is 1. The summed E-state index contributed by atoms with van der Waals surface area (Å²) >= 11 is 0. The maximum absolute atomic E-state index is 9.81. The Morgan fingerprint density at radius 3 is 2.87 bits per heavy atom. The number of hydrogen-bond acceptors (Lipinski definition) is 3. The van der Waals surface area contributed by atoms with Gasteiger partial charge in [-0.05, 0) is 18.4 Å². The number of rotatable bonds is 4. The van der Waals surface area contributed by atoms with E-state index in [4.69, 9.17) is 1.37 Å². The third kappa shape index (κ3) is 2.63. The van der Waals surface area contributed by atoms with Crippen LogP contribution in [0, 0.1) is 0 Å².